The molecule has 1 saturated carbocycles. The number of nitrogens with one attached hydrogen (secondary N) is 1. The largest absolute Gasteiger partial charge is 0.386 e. The van der Waals surface area contributed by atoms with E-state index in [2.05, 4.69) is 29.6 Å². The minimum Gasteiger partial charge on any atom is -0.386 e. The number of hydrogen-bond donors (Lipinski definition) is 2. The highest BCUT2D eigenvalue weighted by molar-refractivity contribution is 5.14. The molecular weight excluding hydrogens is 238 g/mol. The summed E-state index contributed by atoms with van der Waals surface area (Å²) in [6.07, 6.45) is 4.52. The fraction of sp³-hybridized carbons (Fsp3) is 0.625. The van der Waals surface area contributed by atoms with E-state index in [1.54, 1.807) is 0 Å². The second-order valence-corrected chi connectivity index (χ2v) is 5.79. The van der Waals surface area contributed by atoms with E-state index in [-0.39, 0.29) is 0 Å². The van der Waals surface area contributed by atoms with Crippen LogP contribution in [0.25, 0.3) is 0 Å². The van der Waals surface area contributed by atoms with Crippen LogP contribution in [0.15, 0.2) is 30.3 Å². The summed E-state index contributed by atoms with van der Waals surface area (Å²) in [5.41, 5.74) is 0.586. The Morgan fingerprint density at radius 2 is 2.05 bits per heavy atom. The molecule has 0 heterocycles. The maximum absolute atomic E-state index is 10.1. The van der Waals surface area contributed by atoms with Gasteiger partial charge in [0.1, 0.15) is 0 Å². The van der Waals surface area contributed by atoms with Crippen LogP contribution in [0.1, 0.15) is 31.7 Å². The van der Waals surface area contributed by atoms with Crippen molar-refractivity contribution in [3.63, 3.8) is 0 Å². The van der Waals surface area contributed by atoms with Crippen LogP contribution in [0.4, 0.5) is 0 Å². The van der Waals surface area contributed by atoms with E-state index in [1.165, 1.54) is 18.4 Å². The highest BCUT2D eigenvalue weighted by Crippen LogP contribution is 2.19. The lowest BCUT2D eigenvalue weighted by molar-refractivity contribution is -0.0329. The summed E-state index contributed by atoms with van der Waals surface area (Å²) in [7, 11) is 0. The van der Waals surface area contributed by atoms with E-state index >= 15 is 0 Å². The normalized spacial score (nSPS) is 18.2. The monoisotopic (exact) mass is 263 g/mol. The summed E-state index contributed by atoms with van der Waals surface area (Å²) in [5, 5.41) is 13.5. The number of aryl methyl sites for hydroxylation is 1. The molecule has 1 atom stereocenters. The molecule has 0 saturated heterocycles. The van der Waals surface area contributed by atoms with Crippen LogP contribution in [0.3, 0.4) is 0 Å². The van der Waals surface area contributed by atoms with Crippen molar-refractivity contribution in [1.82, 2.24) is 5.32 Å². The van der Waals surface area contributed by atoms with Crippen molar-refractivity contribution < 1.29 is 9.84 Å². The first-order valence-corrected chi connectivity index (χ1v) is 7.23. The predicted octanol–water partition coefficient (Wildman–Crippen LogP) is 2.14. The SMILES string of the molecule is CC(O)(CNC1CC1)COCCCc1ccccc1. The van der Waals surface area contributed by atoms with E-state index in [4.69, 9.17) is 4.74 Å². The van der Waals surface area contributed by atoms with Crippen LogP contribution in [-0.4, -0.2) is 36.5 Å². The molecule has 1 aromatic carbocycles. The lowest BCUT2D eigenvalue weighted by Gasteiger charge is -2.23. The summed E-state index contributed by atoms with van der Waals surface area (Å²) >= 11 is 0. The van der Waals surface area contributed by atoms with Crippen molar-refractivity contribution in [3.05, 3.63) is 35.9 Å². The van der Waals surface area contributed by atoms with E-state index in [0.717, 1.165) is 12.8 Å². The van der Waals surface area contributed by atoms with Gasteiger partial charge in [0.2, 0.25) is 0 Å². The van der Waals surface area contributed by atoms with E-state index < -0.39 is 5.60 Å². The van der Waals surface area contributed by atoms with Gasteiger partial charge in [0.05, 0.1) is 12.2 Å². The molecule has 2 N–H and O–H groups in total. The molecule has 1 aromatic rings. The fourth-order valence-corrected chi connectivity index (χ4v) is 2.02. The van der Waals surface area contributed by atoms with Crippen LogP contribution in [0, 0.1) is 0 Å². The Labute approximate surface area is 116 Å². The third kappa shape index (κ3) is 6.19. The maximum Gasteiger partial charge on any atom is 0.0975 e. The lowest BCUT2D eigenvalue weighted by atomic mass is 10.1. The topological polar surface area (TPSA) is 41.5 Å². The average Bonchev–Trinajstić information content (AvgIpc) is 3.21. The molecule has 3 nitrogen and oxygen atoms in total. The first-order chi connectivity index (χ1) is 9.16. The number of aliphatic hydroxyl groups is 1. The smallest absolute Gasteiger partial charge is 0.0975 e. The highest BCUT2D eigenvalue weighted by atomic mass is 16.5. The highest BCUT2D eigenvalue weighted by Gasteiger charge is 2.26. The summed E-state index contributed by atoms with van der Waals surface area (Å²) in [6, 6.07) is 11.1. The van der Waals surface area contributed by atoms with Crippen LogP contribution in [-0.2, 0) is 11.2 Å². The maximum atomic E-state index is 10.1. The molecule has 0 bridgehead atoms. The summed E-state index contributed by atoms with van der Waals surface area (Å²) < 4.78 is 5.58. The van der Waals surface area contributed by atoms with Crippen molar-refractivity contribution in [1.29, 1.82) is 0 Å². The van der Waals surface area contributed by atoms with Gasteiger partial charge in [0, 0.05) is 19.2 Å². The molecule has 19 heavy (non-hydrogen) atoms. The van der Waals surface area contributed by atoms with E-state index in [9.17, 15) is 5.11 Å². The first kappa shape index (κ1) is 14.5. The zero-order chi connectivity index (χ0) is 13.6. The van der Waals surface area contributed by atoms with Crippen molar-refractivity contribution >= 4 is 0 Å². The minimum atomic E-state index is -0.755. The minimum absolute atomic E-state index is 0.404. The van der Waals surface area contributed by atoms with Gasteiger partial charge >= 0.3 is 0 Å². The van der Waals surface area contributed by atoms with E-state index in [0.29, 0.717) is 25.8 Å². The zero-order valence-electron chi connectivity index (χ0n) is 11.8. The summed E-state index contributed by atoms with van der Waals surface area (Å²) in [6.45, 7) is 3.56. The van der Waals surface area contributed by atoms with Crippen LogP contribution in [0.2, 0.25) is 0 Å². The Balaban J connectivity index is 1.53. The Hall–Kier alpha value is -0.900. The number of rotatable bonds is 9. The molecule has 0 aliphatic heterocycles. The van der Waals surface area contributed by atoms with Crippen molar-refractivity contribution in [2.45, 2.75) is 44.2 Å². The predicted molar refractivity (Wildman–Crippen MR) is 77.2 cm³/mol. The van der Waals surface area contributed by atoms with Gasteiger partial charge in [0.25, 0.3) is 0 Å². The van der Waals surface area contributed by atoms with Gasteiger partial charge < -0.3 is 15.2 Å². The third-order valence-corrected chi connectivity index (χ3v) is 3.36. The zero-order valence-corrected chi connectivity index (χ0v) is 11.8. The van der Waals surface area contributed by atoms with Gasteiger partial charge in [0.15, 0.2) is 0 Å². The second-order valence-electron chi connectivity index (χ2n) is 5.79. The Morgan fingerprint density at radius 1 is 1.32 bits per heavy atom. The molecule has 0 aromatic heterocycles. The Bertz CT molecular complexity index is 360. The number of benzene rings is 1. The Morgan fingerprint density at radius 3 is 2.74 bits per heavy atom. The summed E-state index contributed by atoms with van der Waals surface area (Å²) in [4.78, 5) is 0. The molecule has 0 amide bonds. The molecule has 0 radical (unpaired) electrons. The third-order valence-electron chi connectivity index (χ3n) is 3.36. The van der Waals surface area contributed by atoms with Crippen LogP contribution >= 0.6 is 0 Å². The molecule has 1 aliphatic carbocycles. The molecule has 1 aliphatic rings. The van der Waals surface area contributed by atoms with Crippen LogP contribution < -0.4 is 5.32 Å². The van der Waals surface area contributed by atoms with Gasteiger partial charge in [-0.2, -0.15) is 0 Å². The standard InChI is InChI=1S/C16H25NO2/c1-16(18,12-17-15-9-10-15)13-19-11-5-8-14-6-3-2-4-7-14/h2-4,6-7,15,17-18H,5,8-13H2,1H3. The number of ether oxygens (including phenoxy) is 1. The molecule has 0 spiro atoms. The quantitative estimate of drug-likeness (QED) is 0.671. The van der Waals surface area contributed by atoms with Gasteiger partial charge in [-0.25, -0.2) is 0 Å². The molecule has 3 heteroatoms. The van der Waals surface area contributed by atoms with Gasteiger partial charge in [-0.15, -0.1) is 0 Å². The van der Waals surface area contributed by atoms with Gasteiger partial charge in [-0.1, -0.05) is 30.3 Å². The summed E-state index contributed by atoms with van der Waals surface area (Å²) in [5.74, 6) is 0. The number of hydrogen-bond acceptors (Lipinski definition) is 3. The lowest BCUT2D eigenvalue weighted by Crippen LogP contribution is -2.42. The van der Waals surface area contributed by atoms with Crippen LogP contribution in [0.5, 0.6) is 0 Å². The Kier molecular flexibility index (Phi) is 5.37. The molecular formula is C16H25NO2. The van der Waals surface area contributed by atoms with Gasteiger partial charge in [-0.05, 0) is 38.2 Å². The van der Waals surface area contributed by atoms with Crippen molar-refractivity contribution in [2.24, 2.45) is 0 Å². The molecule has 2 rings (SSSR count). The molecule has 1 unspecified atom stereocenters. The first-order valence-electron chi connectivity index (χ1n) is 7.23. The fourth-order valence-electron chi connectivity index (χ4n) is 2.02. The molecule has 1 fully saturated rings. The second kappa shape index (κ2) is 7.04. The molecule has 106 valence electrons. The average molecular weight is 263 g/mol. The van der Waals surface area contributed by atoms with Gasteiger partial charge in [-0.3, -0.25) is 0 Å². The van der Waals surface area contributed by atoms with Crippen molar-refractivity contribution in [3.8, 4) is 0 Å². The van der Waals surface area contributed by atoms with E-state index in [1.807, 2.05) is 13.0 Å². The van der Waals surface area contributed by atoms with Crippen molar-refractivity contribution in [2.75, 3.05) is 19.8 Å².